The van der Waals surface area contributed by atoms with Crippen LogP contribution in [0.5, 0.6) is 0 Å². The van der Waals surface area contributed by atoms with Gasteiger partial charge in [-0.05, 0) is 109 Å². The number of thioether (sulfide) groups is 2. The van der Waals surface area contributed by atoms with Crippen molar-refractivity contribution in [2.24, 2.45) is 11.8 Å². The highest BCUT2D eigenvalue weighted by atomic mass is 32.2. The second kappa shape index (κ2) is 36.3. The Hall–Kier alpha value is -6.66. The molecule has 0 aromatic heterocycles. The monoisotopic (exact) mass is 1330 g/mol. The summed E-state index contributed by atoms with van der Waals surface area (Å²) in [6.45, 7) is 1.72. The number of hydrogen-bond acceptors (Lipinski definition) is 20. The van der Waals surface area contributed by atoms with Gasteiger partial charge in [0.2, 0.25) is 23.5 Å². The maximum atomic E-state index is 13.2. The summed E-state index contributed by atoms with van der Waals surface area (Å²) < 4.78 is 23.5. The molecule has 4 aromatic rings. The molecule has 2 aliphatic heterocycles. The van der Waals surface area contributed by atoms with Crippen molar-refractivity contribution in [3.8, 4) is 22.3 Å². The molecule has 93 heavy (non-hydrogen) atoms. The predicted octanol–water partition coefficient (Wildman–Crippen LogP) is 3.16. The average molecular weight is 1330 g/mol. The number of aldehydes is 1. The molecule has 0 unspecified atom stereocenters. The van der Waals surface area contributed by atoms with E-state index in [4.69, 9.17) is 18.9 Å². The van der Waals surface area contributed by atoms with Crippen LogP contribution in [0.3, 0.4) is 0 Å². The Kier molecular flexibility index (Phi) is 28.8. The van der Waals surface area contributed by atoms with Gasteiger partial charge in [0.1, 0.15) is 30.2 Å². The number of aliphatic hydroxyl groups excluding tert-OH is 6. The number of ketones is 1. The summed E-state index contributed by atoms with van der Waals surface area (Å²) in [5, 5.41) is 90.4. The average Bonchev–Trinajstić information content (AvgIpc) is 0.822. The first-order chi connectivity index (χ1) is 44.6. The van der Waals surface area contributed by atoms with E-state index in [2.05, 4.69) is 26.6 Å². The van der Waals surface area contributed by atoms with Crippen LogP contribution in [0.2, 0.25) is 0 Å². The molecule has 2 saturated heterocycles. The third kappa shape index (κ3) is 21.4. The van der Waals surface area contributed by atoms with Gasteiger partial charge in [0.15, 0.2) is 6.29 Å². The molecule has 12 atom stereocenters. The third-order valence-corrected chi connectivity index (χ3v) is 18.9. The summed E-state index contributed by atoms with van der Waals surface area (Å²) in [5.74, 6) is -6.31. The number of carbonyl (C=O) groups is 8. The maximum Gasteiger partial charge on any atom is 0.364 e. The van der Waals surface area contributed by atoms with Crippen molar-refractivity contribution in [3.05, 3.63) is 120 Å². The SMILES string of the molecule is CC(=O)N[C@H]1[C@H]([C@H](O)[C@H](O)CNC(=O)c2ccc(-c3ccccc3)cc2)O[C@](C=O)(OCCCSCCNC(=O)C2CCC(C(=O)CCCSCCCO[C@]3(C(=O)O)C[C@H](O)[C@@H](NC(C)=O)[C@H]([C@H](O)[C@H](O)CNC(=O)c4ccc(-c5ccccc5)cc4)O3)CC2)C[C@@H]1O. The Morgan fingerprint density at radius 2 is 1.01 bits per heavy atom. The van der Waals surface area contributed by atoms with Gasteiger partial charge in [-0.2, -0.15) is 23.5 Å². The maximum absolute atomic E-state index is 13.2. The fraction of sp³-hybridized carbons (Fsp3) is 0.522. The minimum absolute atomic E-state index is 0.00480. The molecule has 0 bridgehead atoms. The molecule has 2 heterocycles. The zero-order valence-corrected chi connectivity index (χ0v) is 53.8. The molecular weight excluding hydrogens is 1240 g/mol. The quantitative estimate of drug-likeness (QED) is 0.0232. The van der Waals surface area contributed by atoms with E-state index in [0.717, 1.165) is 29.2 Å². The molecular formula is C67H87N5O19S2. The van der Waals surface area contributed by atoms with Gasteiger partial charge in [0.25, 0.3) is 17.6 Å². The lowest BCUT2D eigenvalue weighted by atomic mass is 9.79. The largest absolute Gasteiger partial charge is 0.477 e. The normalized spacial score (nSPS) is 25.0. The van der Waals surface area contributed by atoms with E-state index in [-0.39, 0.29) is 48.7 Å². The van der Waals surface area contributed by atoms with Crippen molar-refractivity contribution >= 4 is 71.1 Å². The molecule has 12 N–H and O–H groups in total. The Morgan fingerprint density at radius 1 is 0.570 bits per heavy atom. The number of amides is 5. The molecule has 5 amide bonds. The highest BCUT2D eigenvalue weighted by Crippen LogP contribution is 2.36. The number of ether oxygens (including phenoxy) is 4. The van der Waals surface area contributed by atoms with Crippen LogP contribution in [-0.4, -0.2) is 212 Å². The van der Waals surface area contributed by atoms with Gasteiger partial charge in [-0.15, -0.1) is 0 Å². The van der Waals surface area contributed by atoms with Crippen LogP contribution in [0.15, 0.2) is 109 Å². The summed E-state index contributed by atoms with van der Waals surface area (Å²) in [6.07, 6.45) is -9.80. The van der Waals surface area contributed by atoms with Gasteiger partial charge in [0, 0.05) is 81.5 Å². The van der Waals surface area contributed by atoms with E-state index in [1.807, 2.05) is 60.7 Å². The second-order valence-electron chi connectivity index (χ2n) is 23.6. The summed E-state index contributed by atoms with van der Waals surface area (Å²) in [6, 6.07) is 30.1. The van der Waals surface area contributed by atoms with E-state index in [0.29, 0.717) is 92.8 Å². The van der Waals surface area contributed by atoms with Crippen LogP contribution >= 0.6 is 23.5 Å². The Morgan fingerprint density at radius 3 is 1.49 bits per heavy atom. The molecule has 506 valence electrons. The summed E-state index contributed by atoms with van der Waals surface area (Å²) in [7, 11) is 0. The van der Waals surface area contributed by atoms with Gasteiger partial charge in [-0.25, -0.2) is 4.79 Å². The molecule has 24 nitrogen and oxygen atoms in total. The standard InChI is InChI=1S/C67H87N5O19S2/c1-41(74)71-56-52(77)36-66(40-73,90-60(56)58(81)54(79)38-69-63(84)49-23-17-45(18-24-49)43-12-5-3-6-13-43)88-30-10-34-93-35-29-68-62(83)48-27-21-47(22-28-48)51(76)16-9-32-92-33-11-31-89-67(65(86)87)37-53(78)57(72-42(2)75)61(91-67)59(82)55(80)39-70-64(85)50-25-19-46(20-26-50)44-14-7-4-8-15-44/h3-8,12-15,17-20,23-26,40,47-48,52-61,77-82H,9-11,16,21-22,27-39H2,1-2H3,(H,68,83)(H,69,84)(H,70,85)(H,71,74)(H,72,75)(H,86,87)/t47?,48?,52-,53-,54+,55+,56+,57+,58+,59+,60+,61+,66+,67+/m0/s1. The van der Waals surface area contributed by atoms with Gasteiger partial charge >= 0.3 is 5.97 Å². The van der Waals surface area contributed by atoms with E-state index < -0.39 is 122 Å². The Labute approximate surface area is 549 Å². The van der Waals surface area contributed by atoms with E-state index in [9.17, 15) is 74.1 Å². The molecule has 3 aliphatic rings. The van der Waals surface area contributed by atoms with Crippen molar-refractivity contribution in [1.82, 2.24) is 26.6 Å². The number of hydrogen-bond donors (Lipinski definition) is 12. The molecule has 1 aliphatic carbocycles. The van der Waals surface area contributed by atoms with Crippen LogP contribution in [0, 0.1) is 11.8 Å². The number of carbonyl (C=O) groups excluding carboxylic acids is 7. The first-order valence-corrected chi connectivity index (χ1v) is 33.7. The van der Waals surface area contributed by atoms with E-state index in [1.54, 1.807) is 60.3 Å². The first kappa shape index (κ1) is 73.7. The summed E-state index contributed by atoms with van der Waals surface area (Å²) >= 11 is 3.08. The van der Waals surface area contributed by atoms with E-state index in [1.165, 1.54) is 18.7 Å². The van der Waals surface area contributed by atoms with Crippen molar-refractivity contribution < 1.29 is 93.0 Å². The van der Waals surface area contributed by atoms with Gasteiger partial charge in [-0.1, -0.05) is 84.9 Å². The lowest BCUT2D eigenvalue weighted by Crippen LogP contribution is -2.68. The third-order valence-electron chi connectivity index (χ3n) is 16.7. The molecule has 7 rings (SSSR count). The highest BCUT2D eigenvalue weighted by Gasteiger charge is 2.56. The fourth-order valence-corrected chi connectivity index (χ4v) is 13.3. The highest BCUT2D eigenvalue weighted by molar-refractivity contribution is 7.99. The van der Waals surface area contributed by atoms with Gasteiger partial charge < -0.3 is 81.3 Å². The molecule has 0 radical (unpaired) electrons. The van der Waals surface area contributed by atoms with Crippen LogP contribution in [0.1, 0.15) is 98.8 Å². The smallest absolute Gasteiger partial charge is 0.364 e. The van der Waals surface area contributed by atoms with Crippen molar-refractivity contribution in [1.29, 1.82) is 0 Å². The lowest BCUT2D eigenvalue weighted by Gasteiger charge is -2.46. The van der Waals surface area contributed by atoms with E-state index >= 15 is 0 Å². The first-order valence-electron chi connectivity index (χ1n) is 31.4. The minimum atomic E-state index is -2.45. The number of aliphatic hydroxyl groups is 6. The zero-order valence-electron chi connectivity index (χ0n) is 52.2. The number of carboxylic acid groups (broad SMARTS) is 1. The summed E-state index contributed by atoms with van der Waals surface area (Å²) in [4.78, 5) is 102. The molecule has 0 spiro atoms. The van der Waals surface area contributed by atoms with Gasteiger partial charge in [-0.3, -0.25) is 33.6 Å². The summed E-state index contributed by atoms with van der Waals surface area (Å²) in [5.41, 5.74) is 4.29. The minimum Gasteiger partial charge on any atom is -0.477 e. The Balaban J connectivity index is 0.743. The second-order valence-corrected chi connectivity index (χ2v) is 26.1. The zero-order chi connectivity index (χ0) is 67.1. The van der Waals surface area contributed by atoms with Gasteiger partial charge in [0.05, 0.1) is 49.7 Å². The van der Waals surface area contributed by atoms with Crippen molar-refractivity contribution in [3.63, 3.8) is 0 Å². The number of Topliss-reactive ketones (excluding diaryl/α,β-unsaturated/α-hetero) is 1. The number of nitrogens with one attached hydrogen (secondary N) is 5. The molecule has 1 saturated carbocycles. The molecule has 3 fully saturated rings. The van der Waals surface area contributed by atoms with Crippen LogP contribution in [-0.2, 0) is 47.7 Å². The number of carboxylic acids is 1. The van der Waals surface area contributed by atoms with Crippen LogP contribution < -0.4 is 26.6 Å². The molecule has 26 heteroatoms. The topological polar surface area (TPSA) is 375 Å². The predicted molar refractivity (Wildman–Crippen MR) is 346 cm³/mol. The van der Waals surface area contributed by atoms with Crippen LogP contribution in [0.25, 0.3) is 22.3 Å². The fourth-order valence-electron chi connectivity index (χ4n) is 11.6. The van der Waals surface area contributed by atoms with Crippen molar-refractivity contribution in [2.45, 2.75) is 151 Å². The number of benzene rings is 4. The number of aliphatic carboxylic acids is 1. The van der Waals surface area contributed by atoms with Crippen LogP contribution in [0.4, 0.5) is 0 Å². The van der Waals surface area contributed by atoms with Crippen molar-refractivity contribution in [2.75, 3.05) is 55.9 Å². The molecule has 4 aromatic carbocycles. The number of rotatable bonds is 35. The lowest BCUT2D eigenvalue weighted by molar-refractivity contribution is -0.310. The Bertz CT molecular complexity index is 3080.